The van der Waals surface area contributed by atoms with Gasteiger partial charge in [-0.3, -0.25) is 4.79 Å². The summed E-state index contributed by atoms with van der Waals surface area (Å²) >= 11 is 6.49. The number of aromatic nitrogens is 4. The van der Waals surface area contributed by atoms with E-state index in [0.717, 1.165) is 0 Å². The van der Waals surface area contributed by atoms with Gasteiger partial charge in [0, 0.05) is 42.2 Å². The highest BCUT2D eigenvalue weighted by Crippen LogP contribution is 2.38. The Kier molecular flexibility index (Phi) is 7.46. The minimum absolute atomic E-state index is 0.152. The zero-order chi connectivity index (χ0) is 28.2. The van der Waals surface area contributed by atoms with Gasteiger partial charge < -0.3 is 24.3 Å². The number of hydrogen-bond donors (Lipinski definition) is 1. The number of benzene rings is 3. The summed E-state index contributed by atoms with van der Waals surface area (Å²) in [5.41, 5.74) is 2.67. The van der Waals surface area contributed by atoms with E-state index in [2.05, 4.69) is 20.3 Å². The van der Waals surface area contributed by atoms with Crippen molar-refractivity contribution < 1.29 is 18.7 Å². The number of rotatable bonds is 8. The van der Waals surface area contributed by atoms with Gasteiger partial charge >= 0.3 is 0 Å². The van der Waals surface area contributed by atoms with Crippen LogP contribution in [0.15, 0.2) is 91.8 Å². The molecule has 1 amide bonds. The number of nitrogens with zero attached hydrogens (tertiary/aromatic N) is 5. The van der Waals surface area contributed by atoms with E-state index >= 15 is 0 Å². The van der Waals surface area contributed by atoms with Crippen molar-refractivity contribution in [1.29, 1.82) is 0 Å². The molecule has 0 spiro atoms. The maximum Gasteiger partial charge on any atom is 0.250 e. The van der Waals surface area contributed by atoms with Gasteiger partial charge in [0.2, 0.25) is 0 Å². The predicted molar refractivity (Wildman–Crippen MR) is 154 cm³/mol. The molecule has 5 aromatic rings. The molecule has 3 aromatic carbocycles. The summed E-state index contributed by atoms with van der Waals surface area (Å²) < 4.78 is 27.0. The number of nitrogens with one attached hydrogen (secondary N) is 1. The Morgan fingerprint density at radius 2 is 2.10 bits per heavy atom. The molecule has 6 rings (SSSR count). The van der Waals surface area contributed by atoms with Crippen LogP contribution in [0.2, 0.25) is 5.02 Å². The van der Waals surface area contributed by atoms with Gasteiger partial charge in [-0.1, -0.05) is 29.8 Å². The maximum atomic E-state index is 13.5. The van der Waals surface area contributed by atoms with Crippen LogP contribution in [-0.4, -0.2) is 38.6 Å². The van der Waals surface area contributed by atoms with Crippen molar-refractivity contribution in [2.24, 2.45) is 0 Å². The number of carbonyl (C=O) groups excluding carboxylic acids is 1. The molecule has 206 valence electrons. The fourth-order valence-corrected chi connectivity index (χ4v) is 4.71. The number of amides is 1. The molecule has 1 N–H and O–H groups in total. The molecular weight excluding hydrogens is 547 g/mol. The van der Waals surface area contributed by atoms with Gasteiger partial charge in [-0.05, 0) is 42.0 Å². The van der Waals surface area contributed by atoms with Gasteiger partial charge in [-0.25, -0.2) is 19.3 Å². The molecule has 0 fully saturated rings. The Morgan fingerprint density at radius 1 is 1.17 bits per heavy atom. The normalized spacial score (nSPS) is 12.8. The van der Waals surface area contributed by atoms with E-state index in [4.69, 9.17) is 21.1 Å². The van der Waals surface area contributed by atoms with Gasteiger partial charge in [0.15, 0.2) is 0 Å². The fourth-order valence-electron chi connectivity index (χ4n) is 4.48. The molecule has 0 radical (unpaired) electrons. The number of allylic oxidation sites excluding steroid dienone is 1. The fraction of sp³-hybridized carbons (Fsp3) is 0.133. The topological polar surface area (TPSA) is 94.4 Å². The third-order valence-electron chi connectivity index (χ3n) is 6.46. The first kappa shape index (κ1) is 26.3. The Bertz CT molecular complexity index is 1740. The monoisotopic (exact) mass is 570 g/mol. The van der Waals surface area contributed by atoms with Crippen LogP contribution in [0, 0.1) is 5.82 Å². The molecule has 0 atom stereocenters. The molecule has 0 saturated heterocycles. The Morgan fingerprint density at radius 3 is 2.93 bits per heavy atom. The van der Waals surface area contributed by atoms with Gasteiger partial charge in [0.25, 0.3) is 5.91 Å². The molecular formula is C30H24ClFN6O3. The molecule has 0 aliphatic carbocycles. The first-order valence-electron chi connectivity index (χ1n) is 12.8. The molecule has 0 unspecified atom stereocenters. The summed E-state index contributed by atoms with van der Waals surface area (Å²) in [5, 5.41) is 4.38. The van der Waals surface area contributed by atoms with Gasteiger partial charge in [0.1, 0.15) is 42.7 Å². The molecule has 0 bridgehead atoms. The molecule has 1 aliphatic heterocycles. The van der Waals surface area contributed by atoms with Crippen molar-refractivity contribution in [3.05, 3.63) is 108 Å². The Hall–Kier alpha value is -4.96. The van der Waals surface area contributed by atoms with Crippen molar-refractivity contribution in [1.82, 2.24) is 19.5 Å². The predicted octanol–water partition coefficient (Wildman–Crippen LogP) is 5.92. The Labute approximate surface area is 239 Å². The zero-order valence-corrected chi connectivity index (χ0v) is 22.5. The van der Waals surface area contributed by atoms with Crippen molar-refractivity contribution in [3.63, 3.8) is 0 Å². The molecule has 11 heteroatoms. The van der Waals surface area contributed by atoms with Crippen LogP contribution < -0.4 is 19.7 Å². The molecule has 3 heterocycles. The first-order valence-corrected chi connectivity index (χ1v) is 13.2. The number of hydrogen-bond acceptors (Lipinski definition) is 7. The lowest BCUT2D eigenvalue weighted by Gasteiger charge is -2.29. The summed E-state index contributed by atoms with van der Waals surface area (Å²) in [4.78, 5) is 27.6. The highest BCUT2D eigenvalue weighted by Gasteiger charge is 2.24. The average molecular weight is 571 g/mol. The van der Waals surface area contributed by atoms with E-state index in [-0.39, 0.29) is 18.3 Å². The van der Waals surface area contributed by atoms with Crippen LogP contribution in [0.1, 0.15) is 5.56 Å². The lowest BCUT2D eigenvalue weighted by Crippen LogP contribution is -2.37. The van der Waals surface area contributed by atoms with Crippen molar-refractivity contribution >= 4 is 45.6 Å². The lowest BCUT2D eigenvalue weighted by molar-refractivity contribution is -0.114. The second-order valence-corrected chi connectivity index (χ2v) is 9.66. The molecule has 9 nitrogen and oxygen atoms in total. The molecule has 41 heavy (non-hydrogen) atoms. The summed E-state index contributed by atoms with van der Waals surface area (Å²) in [7, 11) is 0. The van der Waals surface area contributed by atoms with Crippen molar-refractivity contribution in [3.8, 4) is 11.5 Å². The maximum absolute atomic E-state index is 13.5. The molecule has 1 aliphatic rings. The van der Waals surface area contributed by atoms with Crippen LogP contribution in [-0.2, 0) is 17.9 Å². The van der Waals surface area contributed by atoms with Gasteiger partial charge in [-0.15, -0.1) is 0 Å². The number of halogens is 2. The smallest absolute Gasteiger partial charge is 0.250 e. The quantitative estimate of drug-likeness (QED) is 0.231. The van der Waals surface area contributed by atoms with E-state index in [0.29, 0.717) is 69.9 Å². The molecule has 2 aromatic heterocycles. The highest BCUT2D eigenvalue weighted by molar-refractivity contribution is 6.32. The number of ether oxygens (including phenoxy) is 2. The largest absolute Gasteiger partial charge is 0.489 e. The second kappa shape index (κ2) is 11.6. The second-order valence-electron chi connectivity index (χ2n) is 9.25. The van der Waals surface area contributed by atoms with Crippen molar-refractivity contribution in [2.45, 2.75) is 13.2 Å². The minimum atomic E-state index is -0.323. The summed E-state index contributed by atoms with van der Waals surface area (Å²) in [5.74, 6) is 1.11. The van der Waals surface area contributed by atoms with Crippen LogP contribution in [0.25, 0.3) is 10.9 Å². The summed E-state index contributed by atoms with van der Waals surface area (Å²) in [6, 6.07) is 15.1. The highest BCUT2D eigenvalue weighted by atomic mass is 35.5. The van der Waals surface area contributed by atoms with E-state index < -0.39 is 0 Å². The molecule has 0 saturated carbocycles. The van der Waals surface area contributed by atoms with E-state index in [9.17, 15) is 9.18 Å². The van der Waals surface area contributed by atoms with E-state index in [1.54, 1.807) is 53.8 Å². The van der Waals surface area contributed by atoms with Gasteiger partial charge in [-0.2, -0.15) is 0 Å². The average Bonchev–Trinajstić information content (AvgIpc) is 3.49. The van der Waals surface area contributed by atoms with Crippen LogP contribution in [0.3, 0.4) is 0 Å². The number of anilines is 3. The zero-order valence-electron chi connectivity index (χ0n) is 21.7. The summed E-state index contributed by atoms with van der Waals surface area (Å²) in [6.45, 7) is 1.51. The number of imidazole rings is 1. The van der Waals surface area contributed by atoms with Gasteiger partial charge in [0.05, 0.1) is 29.1 Å². The lowest BCUT2D eigenvalue weighted by atomic mass is 10.1. The van der Waals surface area contributed by atoms with Crippen molar-refractivity contribution in [2.75, 3.05) is 23.4 Å². The summed E-state index contributed by atoms with van der Waals surface area (Å²) in [6.07, 6.45) is 10.0. The standard InChI is InChI=1S/C30H24ClFN6O3/c31-24-14-22(6-7-27(24)41-17-20-3-1-4-21(32)13-20)36-30-23-15-26-28(16-25(23)34-18-35-30)40-12-11-38(26)29(39)5-2-9-37-10-8-33-19-37/h1-8,10,13-16,18-19H,9,11-12,17H2,(H,34,35,36). The number of fused-ring (bicyclic) bond motifs is 2. The third kappa shape index (κ3) is 5.97. The number of carbonyl (C=O) groups is 1. The van der Waals surface area contributed by atoms with Crippen LogP contribution >= 0.6 is 11.6 Å². The van der Waals surface area contributed by atoms with Crippen LogP contribution in [0.4, 0.5) is 21.6 Å². The van der Waals surface area contributed by atoms with Crippen LogP contribution in [0.5, 0.6) is 11.5 Å². The van der Waals surface area contributed by atoms with E-state index in [1.165, 1.54) is 18.5 Å². The minimum Gasteiger partial charge on any atom is -0.489 e. The first-order chi connectivity index (χ1) is 20.0. The Balaban J connectivity index is 1.22. The third-order valence-corrected chi connectivity index (χ3v) is 6.75. The van der Waals surface area contributed by atoms with E-state index in [1.807, 2.05) is 29.0 Å². The SMILES string of the molecule is O=C(C=CCn1ccnc1)N1CCOc2cc3ncnc(Nc4ccc(OCc5cccc(F)c5)c(Cl)c4)c3cc21.